The summed E-state index contributed by atoms with van der Waals surface area (Å²) in [6, 6.07) is 5.03. The van der Waals surface area contributed by atoms with Crippen molar-refractivity contribution >= 4 is 5.57 Å². The Hall–Kier alpha value is -2.03. The highest BCUT2D eigenvalue weighted by molar-refractivity contribution is 5.77. The monoisotopic (exact) mass is 439 g/mol. The van der Waals surface area contributed by atoms with Crippen LogP contribution in [-0.2, 0) is 20.4 Å². The summed E-state index contributed by atoms with van der Waals surface area (Å²) in [5.41, 5.74) is 1.72. The summed E-state index contributed by atoms with van der Waals surface area (Å²) in [7, 11) is 0. The summed E-state index contributed by atoms with van der Waals surface area (Å²) < 4.78 is 56.0. The average molecular weight is 439 g/mol. The Morgan fingerprint density at radius 3 is 2.55 bits per heavy atom. The van der Waals surface area contributed by atoms with Crippen LogP contribution < -0.4 is 0 Å². The van der Waals surface area contributed by atoms with E-state index < -0.39 is 17.8 Å². The number of benzene rings is 1. The van der Waals surface area contributed by atoms with Crippen LogP contribution >= 0.6 is 0 Å². The van der Waals surface area contributed by atoms with E-state index in [1.165, 1.54) is 12.1 Å². The highest BCUT2D eigenvalue weighted by atomic mass is 19.4. The largest absolute Gasteiger partial charge is 0.476 e. The van der Waals surface area contributed by atoms with Crippen LogP contribution in [0.2, 0.25) is 0 Å². The molecule has 1 aromatic carbocycles. The number of alkyl halides is 3. The van der Waals surface area contributed by atoms with Crippen LogP contribution in [0.4, 0.5) is 13.2 Å². The lowest BCUT2D eigenvalue weighted by molar-refractivity contribution is -0.137. The smallest absolute Gasteiger partial charge is 0.416 e. The van der Waals surface area contributed by atoms with E-state index >= 15 is 0 Å². The molecular formula is C23H28F3NO4. The maximum atomic E-state index is 13.0. The van der Waals surface area contributed by atoms with Crippen LogP contribution in [0.1, 0.15) is 43.7 Å². The number of halogens is 3. The van der Waals surface area contributed by atoms with Gasteiger partial charge in [-0.1, -0.05) is 30.5 Å². The Kier molecular flexibility index (Phi) is 6.60. The molecular weight excluding hydrogens is 411 g/mol. The fraction of sp³-hybridized carbons (Fsp3) is 0.565. The molecule has 0 aromatic heterocycles. The van der Waals surface area contributed by atoms with Crippen molar-refractivity contribution in [2.45, 2.75) is 57.0 Å². The van der Waals surface area contributed by atoms with E-state index in [1.54, 1.807) is 0 Å². The van der Waals surface area contributed by atoms with Crippen LogP contribution in [0.25, 0.3) is 5.57 Å². The maximum Gasteiger partial charge on any atom is 0.416 e. The zero-order chi connectivity index (χ0) is 22.0. The molecule has 2 heterocycles. The third-order valence-corrected chi connectivity index (χ3v) is 6.02. The molecule has 31 heavy (non-hydrogen) atoms. The SMILES string of the molecule is CC1=CC(c2ccc(C(F)(F)F)cc2)=C(OCC2COCO2)N([C@@H]2CCCC[C@H]2O)C1. The highest BCUT2D eigenvalue weighted by Crippen LogP contribution is 2.36. The Morgan fingerprint density at radius 1 is 1.16 bits per heavy atom. The van der Waals surface area contributed by atoms with Crippen molar-refractivity contribution in [2.24, 2.45) is 0 Å². The second-order valence-corrected chi connectivity index (χ2v) is 8.42. The molecule has 8 heteroatoms. The van der Waals surface area contributed by atoms with Gasteiger partial charge in [0.2, 0.25) is 0 Å². The van der Waals surface area contributed by atoms with E-state index in [1.807, 2.05) is 13.0 Å². The van der Waals surface area contributed by atoms with E-state index in [9.17, 15) is 18.3 Å². The van der Waals surface area contributed by atoms with Crippen molar-refractivity contribution in [2.75, 3.05) is 26.6 Å². The van der Waals surface area contributed by atoms with Crippen molar-refractivity contribution in [3.63, 3.8) is 0 Å². The molecule has 4 rings (SSSR count). The van der Waals surface area contributed by atoms with Crippen LogP contribution in [0, 0.1) is 0 Å². The number of nitrogens with zero attached hydrogens (tertiary/aromatic N) is 1. The van der Waals surface area contributed by atoms with Gasteiger partial charge in [-0.25, -0.2) is 0 Å². The molecule has 1 N–H and O–H groups in total. The number of hydrogen-bond acceptors (Lipinski definition) is 5. The minimum absolute atomic E-state index is 0.0994. The average Bonchev–Trinajstić information content (AvgIpc) is 3.26. The molecule has 5 nitrogen and oxygen atoms in total. The summed E-state index contributed by atoms with van der Waals surface area (Å²) in [5, 5.41) is 10.7. The van der Waals surface area contributed by atoms with Gasteiger partial charge in [-0.15, -0.1) is 0 Å². The molecule has 2 fully saturated rings. The first kappa shape index (κ1) is 22.2. The van der Waals surface area contributed by atoms with Gasteiger partial charge in [0.25, 0.3) is 0 Å². The topological polar surface area (TPSA) is 51.2 Å². The summed E-state index contributed by atoms with van der Waals surface area (Å²) >= 11 is 0. The first-order valence-corrected chi connectivity index (χ1v) is 10.7. The molecule has 1 saturated heterocycles. The van der Waals surface area contributed by atoms with Gasteiger partial charge >= 0.3 is 6.18 Å². The van der Waals surface area contributed by atoms with Gasteiger partial charge in [-0.3, -0.25) is 0 Å². The van der Waals surface area contributed by atoms with Crippen LogP contribution in [0.15, 0.2) is 41.8 Å². The fourth-order valence-electron chi connectivity index (χ4n) is 4.42. The van der Waals surface area contributed by atoms with Crippen LogP contribution in [0.5, 0.6) is 0 Å². The lowest BCUT2D eigenvalue weighted by atomic mass is 9.89. The van der Waals surface area contributed by atoms with Gasteiger partial charge in [0.05, 0.1) is 24.3 Å². The van der Waals surface area contributed by atoms with Gasteiger partial charge in [0, 0.05) is 12.1 Å². The number of aliphatic hydroxyl groups excluding tert-OH is 1. The molecule has 1 aliphatic carbocycles. The normalized spacial score (nSPS) is 27.5. The minimum Gasteiger partial charge on any atom is -0.476 e. The Morgan fingerprint density at radius 2 is 1.90 bits per heavy atom. The molecule has 3 atom stereocenters. The van der Waals surface area contributed by atoms with Gasteiger partial charge in [0.1, 0.15) is 19.5 Å². The van der Waals surface area contributed by atoms with E-state index in [2.05, 4.69) is 4.90 Å². The molecule has 2 aliphatic heterocycles. The highest BCUT2D eigenvalue weighted by Gasteiger charge is 2.35. The van der Waals surface area contributed by atoms with Crippen molar-refractivity contribution in [3.05, 3.63) is 52.9 Å². The zero-order valence-corrected chi connectivity index (χ0v) is 17.5. The van der Waals surface area contributed by atoms with E-state index in [0.717, 1.165) is 43.4 Å². The number of aliphatic hydroxyl groups is 1. The molecule has 3 aliphatic rings. The molecule has 1 aromatic rings. The van der Waals surface area contributed by atoms with Crippen LogP contribution in [0.3, 0.4) is 0 Å². The number of ether oxygens (including phenoxy) is 3. The molecule has 0 radical (unpaired) electrons. The fourth-order valence-corrected chi connectivity index (χ4v) is 4.42. The van der Waals surface area contributed by atoms with E-state index in [0.29, 0.717) is 30.2 Å². The van der Waals surface area contributed by atoms with Gasteiger partial charge in [-0.05, 0) is 43.5 Å². The Balaban J connectivity index is 1.70. The minimum atomic E-state index is -4.39. The lowest BCUT2D eigenvalue weighted by Crippen LogP contribution is -2.47. The summed E-state index contributed by atoms with van der Waals surface area (Å²) in [5.74, 6) is 0.576. The molecule has 0 spiro atoms. The molecule has 0 bridgehead atoms. The summed E-state index contributed by atoms with van der Waals surface area (Å²) in [6.45, 7) is 3.51. The van der Waals surface area contributed by atoms with Crippen molar-refractivity contribution in [1.82, 2.24) is 4.90 Å². The lowest BCUT2D eigenvalue weighted by Gasteiger charge is -2.42. The van der Waals surface area contributed by atoms with Crippen molar-refractivity contribution in [3.8, 4) is 0 Å². The molecule has 1 unspecified atom stereocenters. The van der Waals surface area contributed by atoms with E-state index in [4.69, 9.17) is 14.2 Å². The second-order valence-electron chi connectivity index (χ2n) is 8.42. The number of rotatable bonds is 5. The molecule has 170 valence electrons. The van der Waals surface area contributed by atoms with Crippen molar-refractivity contribution in [1.29, 1.82) is 0 Å². The zero-order valence-electron chi connectivity index (χ0n) is 17.5. The van der Waals surface area contributed by atoms with Gasteiger partial charge < -0.3 is 24.2 Å². The molecule has 0 amide bonds. The second kappa shape index (κ2) is 9.22. The van der Waals surface area contributed by atoms with Gasteiger partial charge in [0.15, 0.2) is 5.88 Å². The standard InChI is InChI=1S/C23H28F3NO4/c1-15-10-19(16-6-8-17(9-7-16)23(24,25)26)22(30-13-18-12-29-14-31-18)27(11-15)20-4-2-3-5-21(20)28/h6-10,18,20-21,28H,2-5,11-14H2,1H3/t18?,20-,21-/m1/s1. The number of allylic oxidation sites excluding steroid dienone is 2. The van der Waals surface area contributed by atoms with E-state index in [-0.39, 0.29) is 25.5 Å². The predicted octanol–water partition coefficient (Wildman–Crippen LogP) is 4.33. The number of hydrogen-bond donors (Lipinski definition) is 1. The van der Waals surface area contributed by atoms with Crippen LogP contribution in [-0.4, -0.2) is 54.8 Å². The maximum absolute atomic E-state index is 13.0. The third kappa shape index (κ3) is 5.07. The Labute approximate surface area is 180 Å². The first-order chi connectivity index (χ1) is 14.8. The first-order valence-electron chi connectivity index (χ1n) is 10.7. The third-order valence-electron chi connectivity index (χ3n) is 6.02. The summed E-state index contributed by atoms with van der Waals surface area (Å²) in [4.78, 5) is 2.07. The quantitative estimate of drug-likeness (QED) is 0.740. The predicted molar refractivity (Wildman–Crippen MR) is 109 cm³/mol. The summed E-state index contributed by atoms with van der Waals surface area (Å²) in [6.07, 6.45) is 0.461. The van der Waals surface area contributed by atoms with Gasteiger partial charge in [-0.2, -0.15) is 13.2 Å². The van der Waals surface area contributed by atoms with Crippen molar-refractivity contribution < 1.29 is 32.5 Å². The molecule has 1 saturated carbocycles. The Bertz CT molecular complexity index is 828.